The van der Waals surface area contributed by atoms with Crippen LogP contribution < -0.4 is 5.32 Å². The molecular formula is C20H39NO5. The quantitative estimate of drug-likeness (QED) is 0.432. The normalized spacial score (nSPS) is 27.3. The first-order chi connectivity index (χ1) is 12.4. The van der Waals surface area contributed by atoms with Crippen LogP contribution in [-0.4, -0.2) is 53.9 Å². The molecule has 1 rings (SSSR count). The number of unbranched alkanes of at least 4 members (excludes halogenated alkanes) is 5. The molecule has 0 aromatic heterocycles. The third-order valence-corrected chi connectivity index (χ3v) is 5.03. The van der Waals surface area contributed by atoms with Crippen molar-refractivity contribution in [2.75, 3.05) is 13.2 Å². The van der Waals surface area contributed by atoms with Crippen molar-refractivity contribution in [2.45, 2.75) is 103 Å². The van der Waals surface area contributed by atoms with Crippen LogP contribution in [0.4, 0.5) is 0 Å². The Kier molecular flexibility index (Phi) is 12.1. The van der Waals surface area contributed by atoms with Gasteiger partial charge in [0.05, 0.1) is 24.9 Å². The summed E-state index contributed by atoms with van der Waals surface area (Å²) in [4.78, 5) is 11.4. The van der Waals surface area contributed by atoms with Gasteiger partial charge in [0.15, 0.2) is 6.29 Å². The Morgan fingerprint density at radius 2 is 1.85 bits per heavy atom. The van der Waals surface area contributed by atoms with E-state index >= 15 is 0 Å². The van der Waals surface area contributed by atoms with Crippen LogP contribution in [0.15, 0.2) is 0 Å². The molecule has 0 aromatic rings. The topological polar surface area (TPSA) is 88.0 Å². The molecule has 0 saturated carbocycles. The zero-order valence-electron chi connectivity index (χ0n) is 16.8. The van der Waals surface area contributed by atoms with Gasteiger partial charge in [-0.3, -0.25) is 4.79 Å². The van der Waals surface area contributed by atoms with Crippen LogP contribution in [0.3, 0.4) is 0 Å². The fourth-order valence-corrected chi connectivity index (χ4v) is 3.29. The van der Waals surface area contributed by atoms with E-state index in [0.29, 0.717) is 13.0 Å². The van der Waals surface area contributed by atoms with Gasteiger partial charge in [0.2, 0.25) is 5.91 Å². The van der Waals surface area contributed by atoms with Crippen molar-refractivity contribution in [2.24, 2.45) is 5.92 Å². The molecule has 1 amide bonds. The van der Waals surface area contributed by atoms with E-state index < -0.39 is 0 Å². The molecule has 1 heterocycles. The monoisotopic (exact) mass is 373 g/mol. The average Bonchev–Trinajstić information content (AvgIpc) is 2.60. The number of carbonyl (C=O) groups is 1. The first kappa shape index (κ1) is 23.3. The van der Waals surface area contributed by atoms with Gasteiger partial charge in [-0.15, -0.1) is 0 Å². The lowest BCUT2D eigenvalue weighted by Crippen LogP contribution is -2.44. The van der Waals surface area contributed by atoms with E-state index in [1.54, 1.807) is 0 Å². The van der Waals surface area contributed by atoms with Gasteiger partial charge < -0.3 is 25.0 Å². The zero-order valence-corrected chi connectivity index (χ0v) is 16.8. The van der Waals surface area contributed by atoms with Crippen molar-refractivity contribution < 1.29 is 24.5 Å². The molecule has 5 unspecified atom stereocenters. The predicted molar refractivity (Wildman–Crippen MR) is 102 cm³/mol. The number of carbonyl (C=O) groups excluding carboxylic acids is 1. The number of aliphatic hydroxyl groups is 2. The largest absolute Gasteiger partial charge is 0.395 e. The third-order valence-electron chi connectivity index (χ3n) is 5.03. The van der Waals surface area contributed by atoms with E-state index in [1.807, 2.05) is 6.92 Å². The number of ether oxygens (including phenoxy) is 2. The Morgan fingerprint density at radius 1 is 1.19 bits per heavy atom. The Hall–Kier alpha value is -0.690. The van der Waals surface area contributed by atoms with Crippen LogP contribution in [0.1, 0.15) is 78.6 Å². The summed E-state index contributed by atoms with van der Waals surface area (Å²) in [6.07, 6.45) is 8.37. The Morgan fingerprint density at radius 3 is 2.54 bits per heavy atom. The second-order valence-electron chi connectivity index (χ2n) is 7.67. The smallest absolute Gasteiger partial charge is 0.220 e. The standard InChI is InChI=1S/C20H39NO5/c1-15-14-18(23)17(3)26-20(15)25-16(2)10-8-6-4-5-7-9-11-19(24)21-12-13-22/h15-18,20,22-23H,4-14H2,1-3H3,(H,21,24). The fraction of sp³-hybridized carbons (Fsp3) is 0.950. The molecule has 5 atom stereocenters. The molecule has 0 aliphatic carbocycles. The highest BCUT2D eigenvalue weighted by atomic mass is 16.7. The van der Waals surface area contributed by atoms with Crippen LogP contribution in [0, 0.1) is 5.92 Å². The molecule has 26 heavy (non-hydrogen) atoms. The molecule has 6 heteroatoms. The van der Waals surface area contributed by atoms with Crippen LogP contribution in [0.5, 0.6) is 0 Å². The molecule has 0 radical (unpaired) electrons. The predicted octanol–water partition coefficient (Wildman–Crippen LogP) is 2.75. The summed E-state index contributed by atoms with van der Waals surface area (Å²) in [5, 5.41) is 21.1. The molecule has 1 aliphatic rings. The minimum absolute atomic E-state index is 0.000635. The van der Waals surface area contributed by atoms with Gasteiger partial charge in [0.25, 0.3) is 0 Å². The Bertz CT molecular complexity index is 379. The fourth-order valence-electron chi connectivity index (χ4n) is 3.29. The summed E-state index contributed by atoms with van der Waals surface area (Å²) in [6, 6.07) is 0. The van der Waals surface area contributed by atoms with Crippen molar-refractivity contribution in [3.63, 3.8) is 0 Å². The molecule has 1 aliphatic heterocycles. The summed E-state index contributed by atoms with van der Waals surface area (Å²) < 4.78 is 11.8. The molecule has 154 valence electrons. The van der Waals surface area contributed by atoms with Gasteiger partial charge in [-0.05, 0) is 33.1 Å². The van der Waals surface area contributed by atoms with Crippen molar-refractivity contribution in [1.82, 2.24) is 5.32 Å². The van der Waals surface area contributed by atoms with Crippen LogP contribution >= 0.6 is 0 Å². The SMILES string of the molecule is CC(CCCCCCCCC(=O)NCCO)OC1OC(C)C(O)CC1C. The first-order valence-electron chi connectivity index (χ1n) is 10.3. The Balaban J connectivity index is 1.98. The van der Waals surface area contributed by atoms with Crippen LogP contribution in [0.2, 0.25) is 0 Å². The van der Waals surface area contributed by atoms with E-state index in [4.69, 9.17) is 14.6 Å². The van der Waals surface area contributed by atoms with E-state index in [9.17, 15) is 9.90 Å². The number of rotatable bonds is 13. The van der Waals surface area contributed by atoms with Crippen LogP contribution in [-0.2, 0) is 14.3 Å². The van der Waals surface area contributed by atoms with E-state index in [2.05, 4.69) is 19.2 Å². The number of nitrogens with one attached hydrogen (secondary N) is 1. The highest BCUT2D eigenvalue weighted by Crippen LogP contribution is 2.27. The van der Waals surface area contributed by atoms with Gasteiger partial charge in [0.1, 0.15) is 0 Å². The second kappa shape index (κ2) is 13.5. The summed E-state index contributed by atoms with van der Waals surface area (Å²) in [5.74, 6) is 0.254. The highest BCUT2D eigenvalue weighted by Gasteiger charge is 2.33. The molecule has 1 saturated heterocycles. The average molecular weight is 374 g/mol. The highest BCUT2D eigenvalue weighted by molar-refractivity contribution is 5.75. The second-order valence-corrected chi connectivity index (χ2v) is 7.67. The summed E-state index contributed by atoms with van der Waals surface area (Å²) in [7, 11) is 0. The van der Waals surface area contributed by atoms with Gasteiger partial charge >= 0.3 is 0 Å². The van der Waals surface area contributed by atoms with Crippen molar-refractivity contribution in [3.05, 3.63) is 0 Å². The summed E-state index contributed by atoms with van der Waals surface area (Å²) >= 11 is 0. The molecule has 0 spiro atoms. The first-order valence-corrected chi connectivity index (χ1v) is 10.3. The van der Waals surface area contributed by atoms with Crippen molar-refractivity contribution in [3.8, 4) is 0 Å². The molecule has 0 aromatic carbocycles. The zero-order chi connectivity index (χ0) is 19.4. The van der Waals surface area contributed by atoms with E-state index in [0.717, 1.165) is 38.5 Å². The minimum Gasteiger partial charge on any atom is -0.395 e. The number of hydrogen-bond acceptors (Lipinski definition) is 5. The minimum atomic E-state index is -0.388. The molecular weight excluding hydrogens is 334 g/mol. The molecule has 1 fully saturated rings. The maximum atomic E-state index is 11.4. The number of hydrogen-bond donors (Lipinski definition) is 3. The maximum absolute atomic E-state index is 11.4. The van der Waals surface area contributed by atoms with Crippen LogP contribution in [0.25, 0.3) is 0 Å². The number of aliphatic hydroxyl groups excluding tert-OH is 2. The molecule has 0 bridgehead atoms. The lowest BCUT2D eigenvalue weighted by molar-refractivity contribution is -0.255. The van der Waals surface area contributed by atoms with Gasteiger partial charge in [0, 0.05) is 18.9 Å². The van der Waals surface area contributed by atoms with Gasteiger partial charge in [-0.25, -0.2) is 0 Å². The van der Waals surface area contributed by atoms with Gasteiger partial charge in [-0.2, -0.15) is 0 Å². The summed E-state index contributed by atoms with van der Waals surface area (Å²) in [5.41, 5.74) is 0. The van der Waals surface area contributed by atoms with E-state index in [1.165, 1.54) is 12.8 Å². The Labute approximate surface area is 158 Å². The summed E-state index contributed by atoms with van der Waals surface area (Å²) in [6.45, 7) is 6.41. The van der Waals surface area contributed by atoms with Gasteiger partial charge in [-0.1, -0.05) is 39.0 Å². The maximum Gasteiger partial charge on any atom is 0.220 e. The van der Waals surface area contributed by atoms with E-state index in [-0.39, 0.29) is 43.0 Å². The van der Waals surface area contributed by atoms with Crippen molar-refractivity contribution in [1.29, 1.82) is 0 Å². The lowest BCUT2D eigenvalue weighted by Gasteiger charge is -2.37. The third kappa shape index (κ3) is 9.86. The molecule has 3 N–H and O–H groups in total. The van der Waals surface area contributed by atoms with Crippen molar-refractivity contribution >= 4 is 5.91 Å². The lowest BCUT2D eigenvalue weighted by atomic mass is 9.96. The molecule has 6 nitrogen and oxygen atoms in total. The number of amides is 1.